The number of hydroxylamine groups is 1. The Labute approximate surface area is 270 Å². The summed E-state index contributed by atoms with van der Waals surface area (Å²) >= 11 is 0. The molecule has 0 aliphatic heterocycles. The summed E-state index contributed by atoms with van der Waals surface area (Å²) in [6.45, 7) is 0.275. The van der Waals surface area contributed by atoms with Crippen molar-refractivity contribution in [3.05, 3.63) is 113 Å². The summed E-state index contributed by atoms with van der Waals surface area (Å²) in [4.78, 5) is 40.1. The van der Waals surface area contributed by atoms with E-state index >= 15 is 0 Å². The molecule has 13 nitrogen and oxygen atoms in total. The average molecular weight is 645 g/mol. The summed E-state index contributed by atoms with van der Waals surface area (Å²) in [5, 5.41) is 67.0. The second-order valence-corrected chi connectivity index (χ2v) is 10.9. The zero-order valence-electron chi connectivity index (χ0n) is 25.1. The topological polar surface area (TPSA) is 221 Å². The lowest BCUT2D eigenvalue weighted by atomic mass is 10.0. The van der Waals surface area contributed by atoms with Crippen molar-refractivity contribution in [2.45, 2.75) is 43.9 Å². The van der Waals surface area contributed by atoms with Gasteiger partial charge in [-0.15, -0.1) is 0 Å². The number of aromatic hydroxyl groups is 5. The number of nitrogens with one attached hydrogen (secondary N) is 4. The predicted molar refractivity (Wildman–Crippen MR) is 170 cm³/mol. The highest BCUT2D eigenvalue weighted by Crippen LogP contribution is 2.27. The van der Waals surface area contributed by atoms with Crippen LogP contribution in [0, 0.1) is 0 Å². The molecule has 47 heavy (non-hydrogen) atoms. The Hall–Kier alpha value is -5.79. The van der Waals surface area contributed by atoms with Gasteiger partial charge in [-0.25, -0.2) is 5.48 Å². The summed E-state index contributed by atoms with van der Waals surface area (Å²) in [7, 11) is 0. The molecule has 246 valence electrons. The van der Waals surface area contributed by atoms with Crippen LogP contribution in [0.25, 0.3) is 0 Å². The average Bonchev–Trinajstić information content (AvgIpc) is 3.06. The fourth-order valence-corrected chi connectivity index (χ4v) is 4.87. The maximum absolute atomic E-state index is 13.8. The first-order valence-electron chi connectivity index (χ1n) is 14.6. The van der Waals surface area contributed by atoms with Gasteiger partial charge < -0.3 is 41.5 Å². The van der Waals surface area contributed by atoms with Crippen molar-refractivity contribution in [3.63, 3.8) is 0 Å². The van der Waals surface area contributed by atoms with Crippen molar-refractivity contribution in [1.82, 2.24) is 21.4 Å². The number of phenols is 5. The molecule has 13 heteroatoms. The maximum Gasteiger partial charge on any atom is 0.266 e. The fraction of sp³-hybridized carbons (Fsp3) is 0.206. The molecule has 0 radical (unpaired) electrons. The SMILES string of the molecule is O=C(N[C@@H](Cc1ccc(O)c(O)c1)C(=O)N[C@@H](Cc1ccc(O)cc1)C(=O)NO)[C@H](Cc1ccc(O)c(O)c1)NCc1ccccc1. The van der Waals surface area contributed by atoms with Gasteiger partial charge in [-0.05, 0) is 65.1 Å². The first-order chi connectivity index (χ1) is 22.5. The van der Waals surface area contributed by atoms with Crippen molar-refractivity contribution in [3.8, 4) is 28.7 Å². The minimum absolute atomic E-state index is 0.00110. The summed E-state index contributed by atoms with van der Waals surface area (Å²) < 4.78 is 0. The van der Waals surface area contributed by atoms with Gasteiger partial charge in [-0.3, -0.25) is 19.6 Å². The van der Waals surface area contributed by atoms with Crippen LogP contribution >= 0.6 is 0 Å². The fourth-order valence-electron chi connectivity index (χ4n) is 4.87. The highest BCUT2D eigenvalue weighted by atomic mass is 16.5. The molecule has 3 atom stereocenters. The van der Waals surface area contributed by atoms with Crippen LogP contribution in [0.1, 0.15) is 22.3 Å². The predicted octanol–water partition coefficient (Wildman–Crippen LogP) is 1.88. The summed E-state index contributed by atoms with van der Waals surface area (Å²) in [5.74, 6) is -3.83. The summed E-state index contributed by atoms with van der Waals surface area (Å²) in [5.41, 5.74) is 3.85. The number of hydrogen-bond acceptors (Lipinski definition) is 10. The Morgan fingerprint density at radius 3 is 1.51 bits per heavy atom. The van der Waals surface area contributed by atoms with Gasteiger partial charge in [0.2, 0.25) is 11.8 Å². The first-order valence-corrected chi connectivity index (χ1v) is 14.6. The largest absolute Gasteiger partial charge is 0.508 e. The molecule has 0 unspecified atom stereocenters. The number of hydrogen-bond donors (Lipinski definition) is 10. The summed E-state index contributed by atoms with van der Waals surface area (Å²) in [6, 6.07) is 19.7. The molecule has 0 spiro atoms. The third kappa shape index (κ3) is 9.85. The Morgan fingerprint density at radius 1 is 0.511 bits per heavy atom. The van der Waals surface area contributed by atoms with E-state index in [9.17, 15) is 45.1 Å². The van der Waals surface area contributed by atoms with Crippen LogP contribution in [0.2, 0.25) is 0 Å². The first kappa shape index (κ1) is 34.1. The molecule has 4 rings (SSSR count). The van der Waals surface area contributed by atoms with E-state index in [1.165, 1.54) is 47.9 Å². The molecule has 0 aromatic heterocycles. The van der Waals surface area contributed by atoms with Crippen LogP contribution in [0.15, 0.2) is 91.0 Å². The zero-order chi connectivity index (χ0) is 33.9. The molecule has 3 amide bonds. The van der Waals surface area contributed by atoms with Crippen molar-refractivity contribution in [2.24, 2.45) is 0 Å². The van der Waals surface area contributed by atoms with E-state index in [0.29, 0.717) is 16.7 Å². The normalized spacial score (nSPS) is 12.8. The van der Waals surface area contributed by atoms with Crippen LogP contribution < -0.4 is 21.4 Å². The van der Waals surface area contributed by atoms with Gasteiger partial charge in [0.15, 0.2) is 23.0 Å². The molecule has 4 aromatic carbocycles. The standard InChI is InChI=1S/C34H36N4O9/c39-24-10-6-20(7-11-24)14-27(34(46)38-47)37-33(45)26(16-23-9-13-29(41)31(43)18-23)36-32(44)25(35-19-21-4-2-1-3-5-21)15-22-8-12-28(40)30(42)17-22/h1-13,17-18,25-27,35,39-43,47H,14-16,19H2,(H,36,44)(H,37,45)(H,38,46)/t25-,26-,27-/m0/s1. The molecule has 4 aromatic rings. The molecule has 0 aliphatic carbocycles. The quantitative estimate of drug-likeness (QED) is 0.0545. The zero-order valence-corrected chi connectivity index (χ0v) is 25.1. The highest BCUT2D eigenvalue weighted by Gasteiger charge is 2.30. The number of carbonyl (C=O) groups excluding carboxylic acids is 3. The highest BCUT2D eigenvalue weighted by molar-refractivity contribution is 5.93. The maximum atomic E-state index is 13.8. The number of phenolic OH excluding ortho intramolecular Hbond substituents is 5. The summed E-state index contributed by atoms with van der Waals surface area (Å²) in [6.07, 6.45) is -0.175. The minimum atomic E-state index is -1.31. The van der Waals surface area contributed by atoms with Gasteiger partial charge in [0.1, 0.15) is 17.8 Å². The molecule has 0 heterocycles. The number of carbonyl (C=O) groups is 3. The van der Waals surface area contributed by atoms with Gasteiger partial charge in [0, 0.05) is 19.4 Å². The van der Waals surface area contributed by atoms with Gasteiger partial charge in [-0.1, -0.05) is 54.6 Å². The number of amides is 3. The number of rotatable bonds is 14. The second-order valence-electron chi connectivity index (χ2n) is 10.9. The van der Waals surface area contributed by atoms with Crippen LogP contribution in [-0.2, 0) is 40.2 Å². The third-order valence-electron chi connectivity index (χ3n) is 7.42. The van der Waals surface area contributed by atoms with Crippen LogP contribution in [-0.4, -0.2) is 66.6 Å². The lowest BCUT2D eigenvalue weighted by Crippen LogP contribution is -2.57. The van der Waals surface area contributed by atoms with Crippen molar-refractivity contribution in [1.29, 1.82) is 0 Å². The van der Waals surface area contributed by atoms with Crippen LogP contribution in [0.3, 0.4) is 0 Å². The molecule has 10 N–H and O–H groups in total. The van der Waals surface area contributed by atoms with Gasteiger partial charge in [0.05, 0.1) is 6.04 Å². The van der Waals surface area contributed by atoms with E-state index in [0.717, 1.165) is 5.56 Å². The molecule has 0 saturated carbocycles. The van der Waals surface area contributed by atoms with Gasteiger partial charge >= 0.3 is 0 Å². The Kier molecular flexibility index (Phi) is 11.6. The Morgan fingerprint density at radius 2 is 0.979 bits per heavy atom. The molecule has 0 bridgehead atoms. The molecular weight excluding hydrogens is 608 g/mol. The van der Waals surface area contributed by atoms with Crippen molar-refractivity contribution in [2.75, 3.05) is 0 Å². The molecular formula is C34H36N4O9. The Bertz CT molecular complexity index is 1680. The monoisotopic (exact) mass is 644 g/mol. The smallest absolute Gasteiger partial charge is 0.266 e. The van der Waals surface area contributed by atoms with Crippen LogP contribution in [0.5, 0.6) is 28.7 Å². The lowest BCUT2D eigenvalue weighted by Gasteiger charge is -2.25. The van der Waals surface area contributed by atoms with E-state index in [2.05, 4.69) is 16.0 Å². The van der Waals surface area contributed by atoms with E-state index in [1.54, 1.807) is 18.2 Å². The molecule has 0 fully saturated rings. The second kappa shape index (κ2) is 16.0. The van der Waals surface area contributed by atoms with Crippen molar-refractivity contribution >= 4 is 17.7 Å². The number of benzene rings is 4. The Balaban J connectivity index is 1.60. The van der Waals surface area contributed by atoms with E-state index in [-0.39, 0.29) is 48.8 Å². The minimum Gasteiger partial charge on any atom is -0.508 e. The third-order valence-corrected chi connectivity index (χ3v) is 7.42. The van der Waals surface area contributed by atoms with Crippen LogP contribution in [0.4, 0.5) is 0 Å². The van der Waals surface area contributed by atoms with E-state index < -0.39 is 41.6 Å². The molecule has 0 aliphatic rings. The lowest BCUT2D eigenvalue weighted by molar-refractivity contribution is -0.136. The van der Waals surface area contributed by atoms with E-state index in [4.69, 9.17) is 0 Å². The van der Waals surface area contributed by atoms with E-state index in [1.807, 2.05) is 30.3 Å². The van der Waals surface area contributed by atoms with Gasteiger partial charge in [0.25, 0.3) is 5.91 Å². The van der Waals surface area contributed by atoms with Gasteiger partial charge in [-0.2, -0.15) is 0 Å². The molecule has 0 saturated heterocycles. The van der Waals surface area contributed by atoms with Crippen molar-refractivity contribution < 1.29 is 45.1 Å².